The normalized spacial score (nSPS) is 13.3. The first-order chi connectivity index (χ1) is 24.8. The Morgan fingerprint density at radius 3 is 2.00 bits per heavy atom. The van der Waals surface area contributed by atoms with Gasteiger partial charge >= 0.3 is 7.82 Å². The summed E-state index contributed by atoms with van der Waals surface area (Å²) >= 11 is 0. The molecule has 0 unspecified atom stereocenters. The van der Waals surface area contributed by atoms with Crippen LogP contribution < -0.4 is 36.8 Å². The summed E-state index contributed by atoms with van der Waals surface area (Å²) in [6.07, 6.45) is 2.14. The average molecular weight is 768 g/mol. The van der Waals surface area contributed by atoms with Crippen molar-refractivity contribution >= 4 is 49.2 Å². The number of aliphatic hydroxyl groups is 1. The van der Waals surface area contributed by atoms with E-state index in [4.69, 9.17) is 15.5 Å². The number of rotatable bonds is 24. The molecule has 0 aromatic heterocycles. The van der Waals surface area contributed by atoms with Crippen molar-refractivity contribution in [2.24, 2.45) is 11.7 Å². The van der Waals surface area contributed by atoms with Gasteiger partial charge in [-0.2, -0.15) is 0 Å². The molecule has 0 spiro atoms. The number of hydrogen-bond donors (Lipinski definition) is 9. The van der Waals surface area contributed by atoms with Gasteiger partial charge in [0.1, 0.15) is 29.9 Å². The first-order valence-electron chi connectivity index (χ1n) is 16.5. The standard InChI is InChI=1S/C33H50N7O12P/c1-6-14-35-31(46)26(19-41)39-33(48)27(16-20(3)4)40(15-7-2)29(44)18-36-30(45)24(12-13-28(34)43)38-32(47)25(37-21(5)42)17-22-8-10-23(11-9-22)52-53(49,50)51/h6-11,20,24-27,41H,1-2,12-19H2,3-5H3,(H2,34,43)(H,35,46)(H,36,45)(H,37,42)(H,38,47)(H,39,48)(H2,49,50,51)/t24-,25-,26-,27-/m0/s1. The number of nitrogens with two attached hydrogens (primary N) is 1. The van der Waals surface area contributed by atoms with Gasteiger partial charge in [-0.1, -0.05) is 38.1 Å². The van der Waals surface area contributed by atoms with Gasteiger partial charge in [0.15, 0.2) is 0 Å². The minimum Gasteiger partial charge on any atom is -0.404 e. The van der Waals surface area contributed by atoms with Crippen LogP contribution in [0.15, 0.2) is 49.6 Å². The van der Waals surface area contributed by atoms with Gasteiger partial charge in [-0.05, 0) is 36.5 Å². The van der Waals surface area contributed by atoms with Gasteiger partial charge in [0, 0.05) is 32.9 Å². The number of phosphoric ester groups is 1. The molecule has 1 aromatic carbocycles. The second-order valence-electron chi connectivity index (χ2n) is 12.2. The zero-order chi connectivity index (χ0) is 40.3. The van der Waals surface area contributed by atoms with Crippen LogP contribution >= 0.6 is 7.82 Å². The van der Waals surface area contributed by atoms with E-state index in [0.717, 1.165) is 11.8 Å². The predicted octanol–water partition coefficient (Wildman–Crippen LogP) is -1.72. The molecule has 4 atom stereocenters. The molecule has 53 heavy (non-hydrogen) atoms. The van der Waals surface area contributed by atoms with E-state index in [1.165, 1.54) is 36.4 Å². The number of nitrogens with one attached hydrogen (secondary N) is 5. The molecule has 7 amide bonds. The number of amides is 7. The molecule has 10 N–H and O–H groups in total. The maximum Gasteiger partial charge on any atom is 0.524 e. The number of aliphatic hydroxyl groups excluding tert-OH is 1. The summed E-state index contributed by atoms with van der Waals surface area (Å²) in [6, 6.07) is 0.142. The molecule has 0 heterocycles. The maximum absolute atomic E-state index is 13.5. The van der Waals surface area contributed by atoms with Crippen LogP contribution in [0.2, 0.25) is 0 Å². The smallest absolute Gasteiger partial charge is 0.404 e. The second-order valence-corrected chi connectivity index (χ2v) is 13.4. The Balaban J connectivity index is 3.20. The van der Waals surface area contributed by atoms with Gasteiger partial charge in [0.05, 0.1) is 13.2 Å². The zero-order valence-corrected chi connectivity index (χ0v) is 30.8. The van der Waals surface area contributed by atoms with E-state index in [1.54, 1.807) is 13.8 Å². The molecule has 19 nitrogen and oxygen atoms in total. The Labute approximate surface area is 307 Å². The maximum atomic E-state index is 13.5. The summed E-state index contributed by atoms with van der Waals surface area (Å²) < 4.78 is 15.6. The third-order valence-corrected chi connectivity index (χ3v) is 7.71. The lowest BCUT2D eigenvalue weighted by Gasteiger charge is -2.32. The summed E-state index contributed by atoms with van der Waals surface area (Å²) in [6.45, 7) is 10.4. The van der Waals surface area contributed by atoms with Crippen LogP contribution in [0.4, 0.5) is 0 Å². The molecule has 0 fully saturated rings. The number of benzene rings is 1. The van der Waals surface area contributed by atoms with Crippen LogP contribution in [0.1, 0.15) is 45.6 Å². The van der Waals surface area contributed by atoms with Crippen molar-refractivity contribution in [3.63, 3.8) is 0 Å². The first-order valence-corrected chi connectivity index (χ1v) is 18.0. The van der Waals surface area contributed by atoms with Gasteiger partial charge in [-0.15, -0.1) is 13.2 Å². The van der Waals surface area contributed by atoms with E-state index < -0.39 is 86.5 Å². The third kappa shape index (κ3) is 17.8. The van der Waals surface area contributed by atoms with E-state index in [2.05, 4.69) is 44.3 Å². The number of nitrogens with zero attached hydrogens (tertiary/aromatic N) is 1. The highest BCUT2D eigenvalue weighted by atomic mass is 31.2. The Morgan fingerprint density at radius 1 is 0.887 bits per heavy atom. The summed E-state index contributed by atoms with van der Waals surface area (Å²) in [5.74, 6) is -5.55. The van der Waals surface area contributed by atoms with Gasteiger partial charge in [-0.25, -0.2) is 4.57 Å². The number of primary amides is 1. The lowest BCUT2D eigenvalue weighted by Crippen LogP contribution is -2.58. The Kier molecular flexibility index (Phi) is 19.7. The van der Waals surface area contributed by atoms with Crippen molar-refractivity contribution < 1.29 is 57.5 Å². The quantitative estimate of drug-likeness (QED) is 0.0420. The van der Waals surface area contributed by atoms with Crippen molar-refractivity contribution in [1.82, 2.24) is 31.5 Å². The van der Waals surface area contributed by atoms with E-state index in [-0.39, 0.29) is 50.4 Å². The molecular weight excluding hydrogens is 717 g/mol. The fourth-order valence-electron chi connectivity index (χ4n) is 4.85. The van der Waals surface area contributed by atoms with Crippen LogP contribution in [0.25, 0.3) is 0 Å². The van der Waals surface area contributed by atoms with Crippen molar-refractivity contribution in [3.05, 3.63) is 55.1 Å². The number of carbonyl (C=O) groups excluding carboxylic acids is 7. The molecule has 1 aromatic rings. The van der Waals surface area contributed by atoms with Crippen LogP contribution in [0.3, 0.4) is 0 Å². The van der Waals surface area contributed by atoms with Gasteiger partial charge in [-0.3, -0.25) is 43.3 Å². The molecule has 0 radical (unpaired) electrons. The van der Waals surface area contributed by atoms with E-state index >= 15 is 0 Å². The van der Waals surface area contributed by atoms with Gasteiger partial charge in [0.2, 0.25) is 41.4 Å². The van der Waals surface area contributed by atoms with Crippen LogP contribution in [0, 0.1) is 5.92 Å². The lowest BCUT2D eigenvalue weighted by atomic mass is 10.0. The van der Waals surface area contributed by atoms with E-state index in [0.29, 0.717) is 5.56 Å². The molecule has 1 rings (SSSR count). The molecule has 0 bridgehead atoms. The summed E-state index contributed by atoms with van der Waals surface area (Å²) in [5, 5.41) is 22.0. The minimum atomic E-state index is -4.82. The van der Waals surface area contributed by atoms with Crippen LogP contribution in [-0.2, 0) is 44.5 Å². The first kappa shape index (κ1) is 45.9. The highest BCUT2D eigenvalue weighted by Crippen LogP contribution is 2.37. The van der Waals surface area contributed by atoms with Crippen molar-refractivity contribution in [2.45, 2.75) is 70.6 Å². The summed E-state index contributed by atoms with van der Waals surface area (Å²) in [5.41, 5.74) is 5.72. The fourth-order valence-corrected chi connectivity index (χ4v) is 5.25. The fraction of sp³-hybridized carbons (Fsp3) is 0.485. The van der Waals surface area contributed by atoms with Crippen molar-refractivity contribution in [2.75, 3.05) is 26.2 Å². The van der Waals surface area contributed by atoms with Crippen LogP contribution in [0.5, 0.6) is 5.75 Å². The Bertz CT molecular complexity index is 1520. The number of phosphoric acid groups is 1. The molecule has 0 saturated carbocycles. The number of hydrogen-bond acceptors (Lipinski definition) is 10. The molecular formula is C33H50N7O12P. The molecule has 0 aliphatic carbocycles. The zero-order valence-electron chi connectivity index (χ0n) is 29.9. The summed E-state index contributed by atoms with van der Waals surface area (Å²) in [7, 11) is -4.82. The SMILES string of the molecule is C=CCNC(=O)[C@H](CO)NC(=O)[C@H](CC(C)C)N(CC=C)C(=O)CNC(=O)[C@H](CCC(N)=O)NC(=O)[C@H](Cc1ccc(OP(=O)(O)O)cc1)NC(C)=O. The Morgan fingerprint density at radius 2 is 1.49 bits per heavy atom. The van der Waals surface area contributed by atoms with Crippen molar-refractivity contribution in [1.29, 1.82) is 0 Å². The molecule has 0 aliphatic rings. The predicted molar refractivity (Wildman–Crippen MR) is 191 cm³/mol. The molecule has 0 aliphatic heterocycles. The van der Waals surface area contributed by atoms with E-state index in [1.807, 2.05) is 0 Å². The van der Waals surface area contributed by atoms with Crippen molar-refractivity contribution in [3.8, 4) is 5.75 Å². The van der Waals surface area contributed by atoms with Gasteiger partial charge in [0.25, 0.3) is 0 Å². The average Bonchev–Trinajstić information content (AvgIpc) is 3.07. The molecule has 20 heteroatoms. The highest BCUT2D eigenvalue weighted by Gasteiger charge is 2.33. The minimum absolute atomic E-state index is 0.0871. The summed E-state index contributed by atoms with van der Waals surface area (Å²) in [4.78, 5) is 109. The molecule has 294 valence electrons. The molecule has 0 saturated heterocycles. The highest BCUT2D eigenvalue weighted by molar-refractivity contribution is 7.46. The van der Waals surface area contributed by atoms with E-state index in [9.17, 15) is 43.2 Å². The lowest BCUT2D eigenvalue weighted by molar-refractivity contribution is -0.142. The largest absolute Gasteiger partial charge is 0.524 e. The monoisotopic (exact) mass is 767 g/mol. The van der Waals surface area contributed by atoms with Crippen LogP contribution in [-0.4, -0.2) is 112 Å². The second kappa shape index (κ2) is 22.8. The van der Waals surface area contributed by atoms with Gasteiger partial charge < -0.3 is 46.8 Å². The third-order valence-electron chi connectivity index (χ3n) is 7.26. The Hall–Kier alpha value is -5.10. The number of carbonyl (C=O) groups is 7. The topological polar surface area (TPSA) is 296 Å².